The maximum Gasteiger partial charge on any atom is 0.226 e. The second-order valence-electron chi connectivity index (χ2n) is 9.83. The molecule has 5 nitrogen and oxygen atoms in total. The number of hydrogen-bond acceptors (Lipinski definition) is 3. The molecule has 0 saturated carbocycles. The van der Waals surface area contributed by atoms with Crippen LogP contribution in [0, 0.1) is 17.8 Å². The summed E-state index contributed by atoms with van der Waals surface area (Å²) in [5.74, 6) is -0.914. The molecule has 1 heterocycles. The summed E-state index contributed by atoms with van der Waals surface area (Å²) >= 11 is 0. The molecule has 1 fully saturated rings. The van der Waals surface area contributed by atoms with Gasteiger partial charge in [0.25, 0.3) is 0 Å². The van der Waals surface area contributed by atoms with Gasteiger partial charge in [0.2, 0.25) is 11.8 Å². The van der Waals surface area contributed by atoms with Crippen molar-refractivity contribution in [3.8, 4) is 11.1 Å². The molecular weight excluding hydrogens is 412 g/mol. The van der Waals surface area contributed by atoms with Crippen LogP contribution in [0.5, 0.6) is 0 Å². The lowest BCUT2D eigenvalue weighted by molar-refractivity contribution is -0.146. The number of rotatable bonds is 9. The Morgan fingerprint density at radius 1 is 0.970 bits per heavy atom. The number of benzene rings is 2. The Hall–Kier alpha value is -2.66. The molecule has 0 radical (unpaired) electrons. The van der Waals surface area contributed by atoms with Gasteiger partial charge in [-0.15, -0.1) is 0 Å². The molecule has 0 aliphatic carbocycles. The van der Waals surface area contributed by atoms with Gasteiger partial charge in [-0.25, -0.2) is 0 Å². The van der Waals surface area contributed by atoms with E-state index in [1.807, 2.05) is 54.3 Å². The average Bonchev–Trinajstić information content (AvgIpc) is 2.81. The minimum atomic E-state index is -0.952. The van der Waals surface area contributed by atoms with E-state index in [-0.39, 0.29) is 11.8 Å². The molecule has 2 atom stereocenters. The molecule has 0 aromatic heterocycles. The first-order valence-corrected chi connectivity index (χ1v) is 12.2. The summed E-state index contributed by atoms with van der Waals surface area (Å²) in [5.41, 5.74) is 7.88. The first-order valence-electron chi connectivity index (χ1n) is 12.2. The summed E-state index contributed by atoms with van der Waals surface area (Å²) in [4.78, 5) is 27.4. The highest BCUT2D eigenvalue weighted by Gasteiger charge is 2.40. The largest absolute Gasteiger partial charge is 0.385 e. The van der Waals surface area contributed by atoms with Gasteiger partial charge >= 0.3 is 0 Å². The molecule has 0 spiro atoms. The predicted molar refractivity (Wildman–Crippen MR) is 132 cm³/mol. The lowest BCUT2D eigenvalue weighted by atomic mass is 9.79. The monoisotopic (exact) mass is 450 g/mol. The maximum atomic E-state index is 13.4. The molecule has 2 aromatic rings. The summed E-state index contributed by atoms with van der Waals surface area (Å²) in [7, 11) is 0. The number of piperidine rings is 1. The fraction of sp³-hybridized carbons (Fsp3) is 0.500. The Labute approximate surface area is 198 Å². The van der Waals surface area contributed by atoms with Crippen LogP contribution in [0.3, 0.4) is 0 Å². The van der Waals surface area contributed by atoms with E-state index >= 15 is 0 Å². The smallest absolute Gasteiger partial charge is 0.226 e. The van der Waals surface area contributed by atoms with Crippen LogP contribution < -0.4 is 5.73 Å². The van der Waals surface area contributed by atoms with E-state index in [0.717, 1.165) is 23.1 Å². The average molecular weight is 451 g/mol. The van der Waals surface area contributed by atoms with Crippen molar-refractivity contribution in [3.05, 3.63) is 60.2 Å². The van der Waals surface area contributed by atoms with Gasteiger partial charge in [0.05, 0.1) is 5.60 Å². The van der Waals surface area contributed by atoms with Crippen LogP contribution in [-0.4, -0.2) is 34.9 Å². The van der Waals surface area contributed by atoms with E-state index in [0.29, 0.717) is 44.7 Å². The highest BCUT2D eigenvalue weighted by atomic mass is 16.3. The fourth-order valence-electron chi connectivity index (χ4n) is 5.02. The number of nitrogens with two attached hydrogens (primary N) is 1. The van der Waals surface area contributed by atoms with Gasteiger partial charge in [-0.3, -0.25) is 9.59 Å². The molecular formula is C28H38N2O3. The third-order valence-corrected chi connectivity index (χ3v) is 6.93. The maximum absolute atomic E-state index is 13.4. The van der Waals surface area contributed by atoms with Crippen molar-refractivity contribution >= 4 is 11.8 Å². The highest BCUT2D eigenvalue weighted by Crippen LogP contribution is 2.36. The number of carbonyl (C=O) groups is 2. The molecule has 3 N–H and O–H groups in total. The molecule has 33 heavy (non-hydrogen) atoms. The zero-order valence-corrected chi connectivity index (χ0v) is 20.2. The van der Waals surface area contributed by atoms with Crippen molar-refractivity contribution in [3.63, 3.8) is 0 Å². The van der Waals surface area contributed by atoms with E-state index in [4.69, 9.17) is 5.73 Å². The van der Waals surface area contributed by atoms with Gasteiger partial charge < -0.3 is 15.7 Å². The van der Waals surface area contributed by atoms with Gasteiger partial charge in [-0.2, -0.15) is 0 Å². The number of aliphatic hydroxyl groups is 1. The van der Waals surface area contributed by atoms with Gasteiger partial charge in [0.15, 0.2) is 0 Å². The number of hydrogen-bond donors (Lipinski definition) is 2. The molecule has 1 aliphatic rings. The number of carbonyl (C=O) groups excluding carboxylic acids is 2. The van der Waals surface area contributed by atoms with Crippen LogP contribution >= 0.6 is 0 Å². The Bertz CT molecular complexity index is 916. The van der Waals surface area contributed by atoms with Crippen molar-refractivity contribution in [2.24, 2.45) is 23.5 Å². The van der Waals surface area contributed by atoms with E-state index < -0.39 is 17.4 Å². The fourth-order valence-corrected chi connectivity index (χ4v) is 5.02. The zero-order valence-electron chi connectivity index (χ0n) is 20.2. The van der Waals surface area contributed by atoms with Crippen LogP contribution in [-0.2, 0) is 15.2 Å². The van der Waals surface area contributed by atoms with Crippen molar-refractivity contribution in [2.45, 2.75) is 58.5 Å². The summed E-state index contributed by atoms with van der Waals surface area (Å²) in [6.45, 7) is 7.09. The van der Waals surface area contributed by atoms with Crippen LogP contribution in [0.15, 0.2) is 54.6 Å². The second-order valence-corrected chi connectivity index (χ2v) is 9.83. The molecule has 5 heteroatoms. The zero-order chi connectivity index (χ0) is 24.0. The van der Waals surface area contributed by atoms with E-state index in [1.54, 1.807) is 0 Å². The van der Waals surface area contributed by atoms with Crippen molar-refractivity contribution in [1.82, 2.24) is 4.90 Å². The minimum Gasteiger partial charge on any atom is -0.385 e. The molecule has 2 amide bonds. The molecule has 2 unspecified atom stereocenters. The van der Waals surface area contributed by atoms with E-state index in [2.05, 4.69) is 26.0 Å². The number of nitrogens with zero attached hydrogens (tertiary/aromatic N) is 1. The highest BCUT2D eigenvalue weighted by molar-refractivity contribution is 5.87. The molecule has 1 saturated heterocycles. The lowest BCUT2D eigenvalue weighted by Crippen LogP contribution is -2.49. The van der Waals surface area contributed by atoms with E-state index in [1.165, 1.54) is 0 Å². The predicted octanol–water partition coefficient (Wildman–Crippen LogP) is 4.73. The summed E-state index contributed by atoms with van der Waals surface area (Å²) in [5, 5.41) is 11.4. The van der Waals surface area contributed by atoms with Crippen LogP contribution in [0.1, 0.15) is 58.4 Å². The van der Waals surface area contributed by atoms with Crippen molar-refractivity contribution < 1.29 is 14.7 Å². The lowest BCUT2D eigenvalue weighted by Gasteiger charge is -2.40. The Balaban J connectivity index is 1.70. The molecule has 1 aliphatic heterocycles. The SMILES string of the molecule is CCCC(C(N)=O)C(CC(C)C)C(=O)N1CCC(O)(c2ccc(-c3ccccc3)cc2)CC1. The Morgan fingerprint density at radius 2 is 1.55 bits per heavy atom. The van der Waals surface area contributed by atoms with Crippen LogP contribution in [0.25, 0.3) is 11.1 Å². The standard InChI is InChI=1S/C28H38N2O3/c1-4-8-24(26(29)31)25(19-20(2)3)27(32)30-17-15-28(33,16-18-30)23-13-11-22(12-14-23)21-9-6-5-7-10-21/h5-7,9-14,20,24-25,33H,4,8,15-19H2,1-3H3,(H2,29,31). The minimum absolute atomic E-state index is 0.00225. The van der Waals surface area contributed by atoms with E-state index in [9.17, 15) is 14.7 Å². The summed E-state index contributed by atoms with van der Waals surface area (Å²) < 4.78 is 0. The third kappa shape index (κ3) is 6.02. The third-order valence-electron chi connectivity index (χ3n) is 6.93. The Kier molecular flexibility index (Phi) is 8.30. The topological polar surface area (TPSA) is 83.6 Å². The first kappa shape index (κ1) is 25.0. The van der Waals surface area contributed by atoms with Gasteiger partial charge in [-0.1, -0.05) is 81.8 Å². The van der Waals surface area contributed by atoms with Crippen molar-refractivity contribution in [1.29, 1.82) is 0 Å². The quantitative estimate of drug-likeness (QED) is 0.579. The van der Waals surface area contributed by atoms with Crippen LogP contribution in [0.2, 0.25) is 0 Å². The van der Waals surface area contributed by atoms with Crippen molar-refractivity contribution in [2.75, 3.05) is 13.1 Å². The van der Waals surface area contributed by atoms with Gasteiger partial charge in [-0.05, 0) is 48.3 Å². The second kappa shape index (κ2) is 11.0. The summed E-state index contributed by atoms with van der Waals surface area (Å²) in [6, 6.07) is 18.2. The van der Waals surface area contributed by atoms with Gasteiger partial charge in [0.1, 0.15) is 0 Å². The first-order chi connectivity index (χ1) is 15.7. The molecule has 3 rings (SSSR count). The van der Waals surface area contributed by atoms with Gasteiger partial charge in [0, 0.05) is 24.9 Å². The molecule has 0 bridgehead atoms. The normalized spacial score (nSPS) is 17.5. The van der Waals surface area contributed by atoms with Crippen LogP contribution in [0.4, 0.5) is 0 Å². The number of primary amides is 1. The number of amides is 2. The molecule has 2 aromatic carbocycles. The number of likely N-dealkylation sites (tertiary alicyclic amines) is 1. The molecule has 178 valence electrons. The summed E-state index contributed by atoms with van der Waals surface area (Å²) in [6.07, 6.45) is 3.05. The Morgan fingerprint density at radius 3 is 2.06 bits per heavy atom.